The highest BCUT2D eigenvalue weighted by atomic mass is 32.2. The van der Waals surface area contributed by atoms with Gasteiger partial charge < -0.3 is 5.32 Å². The molecule has 26 heavy (non-hydrogen) atoms. The predicted molar refractivity (Wildman–Crippen MR) is 109 cm³/mol. The summed E-state index contributed by atoms with van der Waals surface area (Å²) in [5, 5.41) is 2.84. The Morgan fingerprint density at radius 2 is 1.77 bits per heavy atom. The third kappa shape index (κ3) is 4.80. The number of carbonyl (C=O) groups excluding carboxylic acids is 1. The Balaban J connectivity index is 2.31. The normalized spacial score (nSPS) is 12.5. The molecule has 0 heterocycles. The van der Waals surface area contributed by atoms with Crippen molar-refractivity contribution in [2.45, 2.75) is 31.2 Å². The highest BCUT2D eigenvalue weighted by Gasteiger charge is 2.29. The number of aryl methyl sites for hydroxylation is 1. The minimum absolute atomic E-state index is 0.378. The topological polar surface area (TPSA) is 66.5 Å². The number of carbonyl (C=O) groups is 1. The van der Waals surface area contributed by atoms with Crippen molar-refractivity contribution >= 4 is 39.1 Å². The first-order chi connectivity index (χ1) is 12.3. The van der Waals surface area contributed by atoms with Crippen LogP contribution < -0.4 is 9.62 Å². The van der Waals surface area contributed by atoms with E-state index in [1.165, 1.54) is 11.8 Å². The lowest BCUT2D eigenvalue weighted by Gasteiger charge is -2.28. The maximum atomic E-state index is 12.7. The van der Waals surface area contributed by atoms with Gasteiger partial charge in [0.2, 0.25) is 15.9 Å². The maximum Gasteiger partial charge on any atom is 0.248 e. The van der Waals surface area contributed by atoms with Crippen LogP contribution in [0, 0.1) is 0 Å². The second kappa shape index (κ2) is 8.60. The van der Waals surface area contributed by atoms with E-state index in [1.54, 1.807) is 25.1 Å². The van der Waals surface area contributed by atoms with Crippen molar-refractivity contribution in [1.82, 2.24) is 0 Å². The highest BCUT2D eigenvalue weighted by Crippen LogP contribution is 2.26. The van der Waals surface area contributed by atoms with Crippen LogP contribution in [0.5, 0.6) is 0 Å². The van der Waals surface area contributed by atoms with E-state index in [2.05, 4.69) is 5.32 Å². The van der Waals surface area contributed by atoms with Gasteiger partial charge in [-0.2, -0.15) is 0 Å². The molecule has 2 aromatic rings. The standard InChI is InChI=1S/C19H24N2O3S2/c1-5-15-10-12-16(13-11-15)21(26(4,23)24)14(2)19(22)20-17-8-6-7-9-18(17)25-3/h6-14H,5H2,1-4H3,(H,20,22). The van der Waals surface area contributed by atoms with Crippen molar-refractivity contribution < 1.29 is 13.2 Å². The fourth-order valence-corrected chi connectivity index (χ4v) is 4.40. The summed E-state index contributed by atoms with van der Waals surface area (Å²) in [5.74, 6) is -0.378. The smallest absolute Gasteiger partial charge is 0.248 e. The summed E-state index contributed by atoms with van der Waals surface area (Å²) in [5.41, 5.74) is 2.25. The molecule has 1 unspecified atom stereocenters. The molecule has 0 saturated heterocycles. The van der Waals surface area contributed by atoms with Crippen LogP contribution in [0.3, 0.4) is 0 Å². The molecular weight excluding hydrogens is 368 g/mol. The Kier molecular flexibility index (Phi) is 6.72. The molecule has 0 saturated carbocycles. The zero-order chi connectivity index (χ0) is 19.3. The molecule has 2 rings (SSSR count). The van der Waals surface area contributed by atoms with Crippen LogP contribution in [-0.2, 0) is 21.2 Å². The van der Waals surface area contributed by atoms with Gasteiger partial charge in [0.25, 0.3) is 0 Å². The van der Waals surface area contributed by atoms with Gasteiger partial charge in [0.1, 0.15) is 6.04 Å². The number of hydrogen-bond donors (Lipinski definition) is 1. The van der Waals surface area contributed by atoms with Crippen LogP contribution in [0.2, 0.25) is 0 Å². The van der Waals surface area contributed by atoms with Gasteiger partial charge in [-0.25, -0.2) is 8.42 Å². The number of benzene rings is 2. The second-order valence-corrected chi connectivity index (χ2v) is 8.65. The van der Waals surface area contributed by atoms with Gasteiger partial charge in [-0.3, -0.25) is 9.10 Å². The van der Waals surface area contributed by atoms with Gasteiger partial charge in [0.15, 0.2) is 0 Å². The SMILES string of the molecule is CCc1ccc(N(C(C)C(=O)Nc2ccccc2SC)S(C)(=O)=O)cc1. The van der Waals surface area contributed by atoms with Gasteiger partial charge in [-0.1, -0.05) is 31.2 Å². The van der Waals surface area contributed by atoms with Gasteiger partial charge in [-0.15, -0.1) is 11.8 Å². The number of nitrogens with zero attached hydrogens (tertiary/aromatic N) is 1. The van der Waals surface area contributed by atoms with E-state index in [9.17, 15) is 13.2 Å². The average Bonchev–Trinajstić information content (AvgIpc) is 2.61. The van der Waals surface area contributed by atoms with Crippen LogP contribution in [0.4, 0.5) is 11.4 Å². The summed E-state index contributed by atoms with van der Waals surface area (Å²) >= 11 is 1.52. The third-order valence-corrected chi connectivity index (χ3v) is 6.09. The molecule has 1 amide bonds. The van der Waals surface area contributed by atoms with Crippen molar-refractivity contribution in [3.05, 3.63) is 54.1 Å². The lowest BCUT2D eigenvalue weighted by molar-refractivity contribution is -0.116. The predicted octanol–water partition coefficient (Wildman–Crippen LogP) is 3.76. The Morgan fingerprint density at radius 1 is 1.15 bits per heavy atom. The molecule has 2 aromatic carbocycles. The maximum absolute atomic E-state index is 12.7. The number of para-hydroxylation sites is 1. The molecule has 5 nitrogen and oxygen atoms in total. The number of amides is 1. The molecule has 1 atom stereocenters. The lowest BCUT2D eigenvalue weighted by Crippen LogP contribution is -2.45. The first kappa shape index (κ1) is 20.3. The van der Waals surface area contributed by atoms with Crippen LogP contribution in [0.1, 0.15) is 19.4 Å². The highest BCUT2D eigenvalue weighted by molar-refractivity contribution is 7.98. The summed E-state index contributed by atoms with van der Waals surface area (Å²) in [4.78, 5) is 13.7. The quantitative estimate of drug-likeness (QED) is 0.729. The third-order valence-electron chi connectivity index (χ3n) is 4.05. The molecule has 0 radical (unpaired) electrons. The number of rotatable bonds is 7. The molecule has 0 spiro atoms. The molecule has 0 aliphatic carbocycles. The first-order valence-electron chi connectivity index (χ1n) is 8.30. The van der Waals surface area contributed by atoms with Crippen LogP contribution in [0.25, 0.3) is 0 Å². The molecule has 7 heteroatoms. The number of hydrogen-bond acceptors (Lipinski definition) is 4. The average molecular weight is 393 g/mol. The fourth-order valence-electron chi connectivity index (χ4n) is 2.67. The van der Waals surface area contributed by atoms with E-state index in [0.29, 0.717) is 11.4 Å². The monoisotopic (exact) mass is 392 g/mol. The van der Waals surface area contributed by atoms with E-state index in [0.717, 1.165) is 27.4 Å². The molecular formula is C19H24N2O3S2. The van der Waals surface area contributed by atoms with Gasteiger partial charge >= 0.3 is 0 Å². The molecule has 0 aromatic heterocycles. The zero-order valence-corrected chi connectivity index (χ0v) is 17.0. The minimum Gasteiger partial charge on any atom is -0.323 e. The molecule has 0 fully saturated rings. The largest absolute Gasteiger partial charge is 0.323 e. The van der Waals surface area contributed by atoms with Gasteiger partial charge in [-0.05, 0) is 49.4 Å². The van der Waals surface area contributed by atoms with Crippen LogP contribution >= 0.6 is 11.8 Å². The van der Waals surface area contributed by atoms with Crippen molar-refractivity contribution in [3.8, 4) is 0 Å². The Labute approximate surface area is 159 Å². The fraction of sp³-hybridized carbons (Fsp3) is 0.316. The number of sulfonamides is 1. The summed E-state index contributed by atoms with van der Waals surface area (Å²) in [6.07, 6.45) is 3.90. The van der Waals surface area contributed by atoms with E-state index >= 15 is 0 Å². The molecule has 1 N–H and O–H groups in total. The number of anilines is 2. The first-order valence-corrected chi connectivity index (χ1v) is 11.4. The van der Waals surface area contributed by atoms with Crippen molar-refractivity contribution in [2.75, 3.05) is 22.1 Å². The van der Waals surface area contributed by atoms with Crippen molar-refractivity contribution in [2.24, 2.45) is 0 Å². The zero-order valence-electron chi connectivity index (χ0n) is 15.4. The van der Waals surface area contributed by atoms with Gasteiger partial charge in [0.05, 0.1) is 17.6 Å². The second-order valence-electron chi connectivity index (χ2n) is 5.94. The van der Waals surface area contributed by atoms with E-state index in [-0.39, 0.29) is 5.91 Å². The van der Waals surface area contributed by atoms with Gasteiger partial charge in [0, 0.05) is 4.90 Å². The van der Waals surface area contributed by atoms with E-state index < -0.39 is 16.1 Å². The summed E-state index contributed by atoms with van der Waals surface area (Å²) in [6, 6.07) is 13.8. The Morgan fingerprint density at radius 3 is 2.31 bits per heavy atom. The number of nitrogens with one attached hydrogen (secondary N) is 1. The van der Waals surface area contributed by atoms with Crippen LogP contribution in [-0.4, -0.2) is 32.9 Å². The minimum atomic E-state index is -3.62. The lowest BCUT2D eigenvalue weighted by atomic mass is 10.1. The van der Waals surface area contributed by atoms with Crippen molar-refractivity contribution in [1.29, 1.82) is 0 Å². The molecule has 140 valence electrons. The van der Waals surface area contributed by atoms with Crippen LogP contribution in [0.15, 0.2) is 53.4 Å². The Hall–Kier alpha value is -1.99. The van der Waals surface area contributed by atoms with E-state index in [4.69, 9.17) is 0 Å². The van der Waals surface area contributed by atoms with Crippen molar-refractivity contribution in [3.63, 3.8) is 0 Å². The van der Waals surface area contributed by atoms with E-state index in [1.807, 2.05) is 43.5 Å². The summed E-state index contributed by atoms with van der Waals surface area (Å²) in [7, 11) is -3.62. The number of thioether (sulfide) groups is 1. The summed E-state index contributed by atoms with van der Waals surface area (Å²) < 4.78 is 25.9. The molecule has 0 aliphatic rings. The Bertz CT molecular complexity index is 865. The summed E-state index contributed by atoms with van der Waals surface area (Å²) in [6.45, 7) is 3.62. The molecule has 0 aliphatic heterocycles. The molecule has 0 bridgehead atoms.